The number of ether oxygens (including phenoxy) is 2. The molecule has 1 amide bonds. The molecule has 6 nitrogen and oxygen atoms in total. The molecule has 0 fully saturated rings. The highest BCUT2D eigenvalue weighted by atomic mass is 35.5. The monoisotopic (exact) mass is 370 g/mol. The van der Waals surface area contributed by atoms with Gasteiger partial charge in [-0.2, -0.15) is 0 Å². The molecule has 0 radical (unpaired) electrons. The summed E-state index contributed by atoms with van der Waals surface area (Å²) >= 11 is 6.17. The number of carbonyl (C=O) groups is 2. The number of amides is 1. The number of aryl methyl sites for hydroxylation is 1. The normalized spacial score (nSPS) is 13.2. The lowest BCUT2D eigenvalue weighted by molar-refractivity contribution is -0.116. The van der Waals surface area contributed by atoms with E-state index < -0.39 is 5.97 Å². The van der Waals surface area contributed by atoms with Crippen molar-refractivity contribution in [3.8, 4) is 11.5 Å². The molecule has 0 unspecified atom stereocenters. The summed E-state index contributed by atoms with van der Waals surface area (Å²) in [7, 11) is 1.32. The SMILES string of the molecule is COC(=O)c1cc2c(Oc3ccc4c(c3)NC(=O)CC4)cc(Cl)cc2[nH]1. The van der Waals surface area contributed by atoms with Crippen LogP contribution >= 0.6 is 11.6 Å². The molecule has 1 aliphatic heterocycles. The minimum absolute atomic E-state index is 0.00634. The number of benzene rings is 2. The van der Waals surface area contributed by atoms with Crippen LogP contribution in [0.25, 0.3) is 10.9 Å². The molecule has 0 saturated carbocycles. The van der Waals surface area contributed by atoms with Gasteiger partial charge >= 0.3 is 5.97 Å². The Morgan fingerprint density at radius 2 is 2.00 bits per heavy atom. The zero-order valence-electron chi connectivity index (χ0n) is 13.9. The topological polar surface area (TPSA) is 80.4 Å². The van der Waals surface area contributed by atoms with E-state index in [1.54, 1.807) is 24.3 Å². The average molecular weight is 371 g/mol. The second-order valence-corrected chi connectivity index (χ2v) is 6.45. The van der Waals surface area contributed by atoms with Crippen LogP contribution in [0.5, 0.6) is 11.5 Å². The van der Waals surface area contributed by atoms with E-state index in [9.17, 15) is 9.59 Å². The molecule has 0 aliphatic carbocycles. The summed E-state index contributed by atoms with van der Waals surface area (Å²) in [6.45, 7) is 0. The van der Waals surface area contributed by atoms with Crippen LogP contribution in [0.1, 0.15) is 22.5 Å². The van der Waals surface area contributed by atoms with Crippen molar-refractivity contribution in [2.45, 2.75) is 12.8 Å². The fourth-order valence-electron chi connectivity index (χ4n) is 3.02. The minimum atomic E-state index is -0.472. The van der Waals surface area contributed by atoms with Crippen molar-refractivity contribution in [3.63, 3.8) is 0 Å². The van der Waals surface area contributed by atoms with Gasteiger partial charge < -0.3 is 19.8 Å². The number of anilines is 1. The largest absolute Gasteiger partial charge is 0.464 e. The maximum absolute atomic E-state index is 11.8. The zero-order chi connectivity index (χ0) is 18.3. The van der Waals surface area contributed by atoms with Crippen LogP contribution in [0.15, 0.2) is 36.4 Å². The Labute approximate surface area is 154 Å². The Morgan fingerprint density at radius 1 is 1.15 bits per heavy atom. The van der Waals surface area contributed by atoms with E-state index in [1.165, 1.54) is 7.11 Å². The molecule has 7 heteroatoms. The lowest BCUT2D eigenvalue weighted by Gasteiger charge is -2.18. The Bertz CT molecular complexity index is 1040. The molecule has 0 spiro atoms. The average Bonchev–Trinajstić information content (AvgIpc) is 3.04. The molecule has 1 aliphatic rings. The van der Waals surface area contributed by atoms with E-state index in [1.807, 2.05) is 12.1 Å². The van der Waals surface area contributed by atoms with E-state index in [2.05, 4.69) is 10.3 Å². The first-order chi connectivity index (χ1) is 12.5. The van der Waals surface area contributed by atoms with Crippen molar-refractivity contribution >= 4 is 40.1 Å². The van der Waals surface area contributed by atoms with Crippen molar-refractivity contribution in [2.24, 2.45) is 0 Å². The summed E-state index contributed by atoms with van der Waals surface area (Å²) in [5.41, 5.74) is 2.80. The number of carbonyl (C=O) groups excluding carboxylic acids is 2. The van der Waals surface area contributed by atoms with Crippen molar-refractivity contribution in [2.75, 3.05) is 12.4 Å². The molecule has 4 rings (SSSR count). The minimum Gasteiger partial charge on any atom is -0.464 e. The predicted octanol–water partition coefficient (Wildman–Crippen LogP) is 4.28. The molecule has 0 saturated heterocycles. The molecule has 132 valence electrons. The number of esters is 1. The maximum Gasteiger partial charge on any atom is 0.354 e. The smallest absolute Gasteiger partial charge is 0.354 e. The van der Waals surface area contributed by atoms with E-state index >= 15 is 0 Å². The standard InChI is InChI=1S/C19H15ClN2O4/c1-25-19(24)16-9-13-15(21-16)6-11(20)7-17(13)26-12-4-2-10-3-5-18(23)22-14(10)8-12/h2,4,6-9,21H,3,5H2,1H3,(H,22,23). The quantitative estimate of drug-likeness (QED) is 0.674. The predicted molar refractivity (Wildman–Crippen MR) is 98.1 cm³/mol. The van der Waals surface area contributed by atoms with Crippen LogP contribution in [0.4, 0.5) is 5.69 Å². The van der Waals surface area contributed by atoms with Crippen LogP contribution in [-0.2, 0) is 16.0 Å². The Kier molecular flexibility index (Phi) is 4.05. The first-order valence-electron chi connectivity index (χ1n) is 8.05. The Morgan fingerprint density at radius 3 is 2.81 bits per heavy atom. The van der Waals surface area contributed by atoms with Gasteiger partial charge in [0.1, 0.15) is 17.2 Å². The molecular formula is C19H15ClN2O4. The van der Waals surface area contributed by atoms with Crippen LogP contribution in [0.3, 0.4) is 0 Å². The molecule has 2 N–H and O–H groups in total. The molecule has 0 bridgehead atoms. The first kappa shape index (κ1) is 16.5. The van der Waals surface area contributed by atoms with Crippen LogP contribution in [0, 0.1) is 0 Å². The van der Waals surface area contributed by atoms with Crippen molar-refractivity contribution in [1.29, 1.82) is 0 Å². The van der Waals surface area contributed by atoms with Gasteiger partial charge in [0.2, 0.25) is 5.91 Å². The number of H-pyrrole nitrogens is 1. The third-order valence-electron chi connectivity index (χ3n) is 4.27. The Balaban J connectivity index is 1.73. The third kappa shape index (κ3) is 2.99. The van der Waals surface area contributed by atoms with Gasteiger partial charge in [0.25, 0.3) is 0 Å². The van der Waals surface area contributed by atoms with Crippen molar-refractivity contribution < 1.29 is 19.1 Å². The highest BCUT2D eigenvalue weighted by Crippen LogP contribution is 2.36. The second kappa shape index (κ2) is 6.38. The Hall–Kier alpha value is -2.99. The van der Waals surface area contributed by atoms with Gasteiger partial charge in [-0.3, -0.25) is 4.79 Å². The number of hydrogen-bond donors (Lipinski definition) is 2. The lowest BCUT2D eigenvalue weighted by atomic mass is 10.0. The van der Waals surface area contributed by atoms with Crippen LogP contribution in [0.2, 0.25) is 5.02 Å². The van der Waals surface area contributed by atoms with Gasteiger partial charge in [0, 0.05) is 34.6 Å². The second-order valence-electron chi connectivity index (χ2n) is 6.01. The van der Waals surface area contributed by atoms with Gasteiger partial charge in [0.15, 0.2) is 0 Å². The number of fused-ring (bicyclic) bond motifs is 2. The van der Waals surface area contributed by atoms with Crippen LogP contribution in [-0.4, -0.2) is 24.0 Å². The fourth-order valence-corrected chi connectivity index (χ4v) is 3.22. The number of aromatic amines is 1. The highest BCUT2D eigenvalue weighted by molar-refractivity contribution is 6.31. The van der Waals surface area contributed by atoms with Crippen molar-refractivity contribution in [3.05, 3.63) is 52.7 Å². The molecule has 3 aromatic rings. The molecule has 2 aromatic carbocycles. The summed E-state index contributed by atoms with van der Waals surface area (Å²) in [6.07, 6.45) is 1.20. The van der Waals surface area contributed by atoms with Crippen LogP contribution < -0.4 is 10.1 Å². The number of hydrogen-bond acceptors (Lipinski definition) is 4. The zero-order valence-corrected chi connectivity index (χ0v) is 14.6. The van der Waals surface area contributed by atoms with Gasteiger partial charge in [-0.05, 0) is 30.2 Å². The molecule has 0 atom stereocenters. The van der Waals surface area contributed by atoms with E-state index in [4.69, 9.17) is 21.1 Å². The third-order valence-corrected chi connectivity index (χ3v) is 4.49. The van der Waals surface area contributed by atoms with Gasteiger partial charge in [-0.25, -0.2) is 4.79 Å². The molecular weight excluding hydrogens is 356 g/mol. The maximum atomic E-state index is 11.8. The molecule has 26 heavy (non-hydrogen) atoms. The first-order valence-corrected chi connectivity index (χ1v) is 8.42. The van der Waals surface area contributed by atoms with Gasteiger partial charge in [-0.1, -0.05) is 17.7 Å². The highest BCUT2D eigenvalue weighted by Gasteiger charge is 2.17. The van der Waals surface area contributed by atoms with Crippen molar-refractivity contribution in [1.82, 2.24) is 4.98 Å². The summed E-state index contributed by atoms with van der Waals surface area (Å²) < 4.78 is 10.7. The fraction of sp³-hybridized carbons (Fsp3) is 0.158. The van der Waals surface area contributed by atoms with E-state index in [0.717, 1.165) is 11.3 Å². The summed E-state index contributed by atoms with van der Waals surface area (Å²) in [5.74, 6) is 0.587. The van der Waals surface area contributed by atoms with E-state index in [-0.39, 0.29) is 5.91 Å². The summed E-state index contributed by atoms with van der Waals surface area (Å²) in [6, 6.07) is 10.6. The summed E-state index contributed by atoms with van der Waals surface area (Å²) in [5, 5.41) is 4.02. The number of nitrogens with one attached hydrogen (secondary N) is 2. The van der Waals surface area contributed by atoms with Gasteiger partial charge in [0.05, 0.1) is 12.6 Å². The van der Waals surface area contributed by atoms with Gasteiger partial charge in [-0.15, -0.1) is 0 Å². The summed E-state index contributed by atoms with van der Waals surface area (Å²) in [4.78, 5) is 26.3. The number of halogens is 1. The number of methoxy groups -OCH3 is 1. The molecule has 2 heterocycles. The van der Waals surface area contributed by atoms with E-state index in [0.29, 0.717) is 46.0 Å². The lowest BCUT2D eigenvalue weighted by Crippen LogP contribution is -2.18. The molecule has 1 aromatic heterocycles. The number of aromatic nitrogens is 1. The number of rotatable bonds is 3.